The van der Waals surface area contributed by atoms with E-state index in [1.165, 1.54) is 7.14 Å². The molecule has 10 aromatic rings. The number of benzene rings is 10. The van der Waals surface area contributed by atoms with Gasteiger partial charge in [0.15, 0.2) is 112 Å². The maximum absolute atomic E-state index is 16.0. The van der Waals surface area contributed by atoms with E-state index in [0.717, 1.165) is 0 Å². The van der Waals surface area contributed by atoms with Crippen molar-refractivity contribution in [3.63, 3.8) is 0 Å². The van der Waals surface area contributed by atoms with Crippen molar-refractivity contribution < 1.29 is 200 Å². The quantitative estimate of drug-likeness (QED) is 0.0297. The summed E-state index contributed by atoms with van der Waals surface area (Å²) in [6, 6.07) is 21.4. The first-order valence-electron chi connectivity index (χ1n) is 29.1. The van der Waals surface area contributed by atoms with Crippen LogP contribution in [-0.4, -0.2) is 12.3 Å². The second kappa shape index (κ2) is 33.4. The van der Waals surface area contributed by atoms with Crippen LogP contribution in [0.2, 0.25) is 0 Å². The maximum atomic E-state index is 16.0. The van der Waals surface area contributed by atoms with Gasteiger partial charge in [0.25, 0.3) is 0 Å². The summed E-state index contributed by atoms with van der Waals surface area (Å²) in [5, 5.41) is 0. The van der Waals surface area contributed by atoms with Gasteiger partial charge in [0, 0.05) is 0 Å². The SMILES string of the molecule is C=Cc1c(F)c(F)c([B-](c2c(F)c(F)c(F)c(F)c2F)(c2c(F)c(F)c(C=C)c(F)c2F)c2c(F)c(F)c(C=C)c(F)c2F)c(F)c1F.C=Cc1c(F)c(F)c([B-](c2c(F)c(F)c(F)c(F)c2F)(c2c(F)c(F)c(C=C)c(F)c2F)c2c(F)c(F)c(C=C)c(F)c2F)c(F)c1F.[Na+].c1ccc([I+]c2ccccc2)cc1. The van der Waals surface area contributed by atoms with Crippen molar-refractivity contribution in [2.45, 2.75) is 0 Å². The molecule has 110 heavy (non-hydrogen) atoms. The normalized spacial score (nSPS) is 11.4. The first-order valence-corrected chi connectivity index (χ1v) is 31.3. The standard InChI is InChI=1S/2C30H9BF17.C12H10I.Na/c2*1-4-7-14(32)20(38)10(21(39)15(7)33)31(13-26(44)28(46)30(48)29(47)27(13)45,11-22(40)16(34)8(5-2)17(35)23(11)41)12-24(42)18(36)9(6-3)19(37)25(12)43;1-3-7-11(8-4-1)13-12-9-5-2-6-10-12;/h2*4-6H,1-3H2;1-10H;/q2*-1;2*+1. The van der Waals surface area contributed by atoms with E-state index in [2.05, 4.69) is 100 Å². The van der Waals surface area contributed by atoms with E-state index >= 15 is 123 Å². The van der Waals surface area contributed by atoms with E-state index in [-0.39, 0.29) is 87.2 Å². The van der Waals surface area contributed by atoms with Gasteiger partial charge in [-0.15, -0.1) is 43.7 Å². The molecule has 38 heteroatoms. The first-order chi connectivity index (χ1) is 51.1. The van der Waals surface area contributed by atoms with Gasteiger partial charge in [0.1, 0.15) is 105 Å². The molecule has 0 amide bonds. The Bertz CT molecular complexity index is 4620. The predicted octanol–water partition coefficient (Wildman–Crippen LogP) is 11.5. The van der Waals surface area contributed by atoms with Gasteiger partial charge in [0.05, 0.1) is 33.4 Å². The van der Waals surface area contributed by atoms with Crippen LogP contribution in [-0.2, 0) is 0 Å². The molecular formula is C72H28B2F34INa. The average molecular weight is 1710 g/mol. The molecule has 0 saturated carbocycles. The molecule has 10 aromatic carbocycles. The predicted molar refractivity (Wildman–Crippen MR) is 330 cm³/mol. The Morgan fingerprint density at radius 3 is 0.400 bits per heavy atom. The molecule has 0 fully saturated rings. The van der Waals surface area contributed by atoms with Gasteiger partial charge in [-0.25, -0.2) is 149 Å². The van der Waals surface area contributed by atoms with Crippen LogP contribution in [0.3, 0.4) is 0 Å². The zero-order valence-corrected chi connectivity index (χ0v) is 58.0. The molecule has 0 aliphatic rings. The second-order valence-corrected chi connectivity index (χ2v) is 25.1. The van der Waals surface area contributed by atoms with Crippen molar-refractivity contribution in [3.05, 3.63) is 338 Å². The minimum Gasteiger partial charge on any atom is -0.207 e. The van der Waals surface area contributed by atoms with E-state index in [9.17, 15) is 26.3 Å². The average Bonchev–Trinajstić information content (AvgIpc) is 0.685. The summed E-state index contributed by atoms with van der Waals surface area (Å²) in [6.45, 7) is 16.7. The van der Waals surface area contributed by atoms with Gasteiger partial charge in [-0.2, -0.15) is 0 Å². The van der Waals surface area contributed by atoms with Crippen molar-refractivity contribution in [2.75, 3.05) is 0 Å². The topological polar surface area (TPSA) is 0 Å². The molecule has 568 valence electrons. The Kier molecular flexibility index (Phi) is 26.5. The third-order valence-electron chi connectivity index (χ3n) is 16.8. The number of rotatable bonds is 16. The summed E-state index contributed by atoms with van der Waals surface area (Å²) in [5.74, 6) is -107. The summed E-state index contributed by atoms with van der Waals surface area (Å²) < 4.78 is 528. The third kappa shape index (κ3) is 13.5. The molecule has 0 bridgehead atoms. The summed E-state index contributed by atoms with van der Waals surface area (Å²) >= 11 is 0.0287. The van der Waals surface area contributed by atoms with Gasteiger partial charge in [-0.3, -0.25) is 0 Å². The molecule has 10 rings (SSSR count). The second-order valence-electron chi connectivity index (χ2n) is 22.1. The zero-order valence-electron chi connectivity index (χ0n) is 53.9. The minimum absolute atomic E-state index is 0. The number of halogens is 35. The molecule has 0 aliphatic carbocycles. The molecule has 0 saturated heterocycles. The monoisotopic (exact) mass is 1710 g/mol. The van der Waals surface area contributed by atoms with Gasteiger partial charge >= 0.3 is 50.8 Å². The molecule has 0 nitrogen and oxygen atoms in total. The molecule has 0 unspecified atom stereocenters. The number of hydrogen-bond acceptors (Lipinski definition) is 0. The smallest absolute Gasteiger partial charge is 0.207 e. The summed E-state index contributed by atoms with van der Waals surface area (Å²) in [4.78, 5) is 0. The molecular weight excluding hydrogens is 1680 g/mol. The van der Waals surface area contributed by atoms with Crippen LogP contribution in [0.15, 0.2) is 100 Å². The summed E-state index contributed by atoms with van der Waals surface area (Å²) in [7, 11) is 0. The minimum atomic E-state index is -6.84. The van der Waals surface area contributed by atoms with Crippen molar-refractivity contribution >= 4 is 92.5 Å². The molecule has 0 aliphatic heterocycles. The van der Waals surface area contributed by atoms with Crippen molar-refractivity contribution in [3.8, 4) is 0 Å². The van der Waals surface area contributed by atoms with Gasteiger partial charge < -0.3 is 0 Å². The van der Waals surface area contributed by atoms with Gasteiger partial charge in [-0.1, -0.05) is 112 Å². The first kappa shape index (κ1) is 87.3. The molecule has 0 heterocycles. The fraction of sp³-hybridized carbons (Fsp3) is 0. The maximum Gasteiger partial charge on any atom is 1.00 e. The third-order valence-corrected chi connectivity index (χ3v) is 19.5. The summed E-state index contributed by atoms with van der Waals surface area (Å²) in [6.07, 6.45) is -13.8. The molecule has 0 aromatic heterocycles. The van der Waals surface area contributed by atoms with E-state index in [1.807, 2.05) is 0 Å². The van der Waals surface area contributed by atoms with Crippen LogP contribution in [0.4, 0.5) is 149 Å². The fourth-order valence-corrected chi connectivity index (χ4v) is 14.4. The van der Waals surface area contributed by atoms with Gasteiger partial charge in [-0.05, 0) is 24.3 Å². The van der Waals surface area contributed by atoms with E-state index in [1.54, 1.807) is 0 Å². The van der Waals surface area contributed by atoms with Crippen molar-refractivity contribution in [1.29, 1.82) is 0 Å². The molecule has 0 atom stereocenters. The zero-order chi connectivity index (χ0) is 81.9. The van der Waals surface area contributed by atoms with Crippen LogP contribution >= 0.6 is 0 Å². The van der Waals surface area contributed by atoms with Crippen LogP contribution in [0.1, 0.15) is 33.4 Å². The van der Waals surface area contributed by atoms with Crippen LogP contribution in [0, 0.1) is 205 Å². The summed E-state index contributed by atoms with van der Waals surface area (Å²) in [5.41, 5.74) is -37.0. The molecule has 0 spiro atoms. The van der Waals surface area contributed by atoms with Crippen molar-refractivity contribution in [2.24, 2.45) is 0 Å². The Labute approximate surface area is 627 Å². The number of hydrogen-bond donors (Lipinski definition) is 0. The Morgan fingerprint density at radius 1 is 0.173 bits per heavy atom. The van der Waals surface area contributed by atoms with Gasteiger partial charge in [0.2, 0.25) is 0 Å². The van der Waals surface area contributed by atoms with E-state index in [0.29, 0.717) is 0 Å². The van der Waals surface area contributed by atoms with Crippen LogP contribution in [0.25, 0.3) is 36.5 Å². The van der Waals surface area contributed by atoms with Crippen molar-refractivity contribution in [1.82, 2.24) is 0 Å². The Hall–Kier alpha value is -9.88. The Morgan fingerprint density at radius 2 is 0.282 bits per heavy atom. The molecule has 0 radical (unpaired) electrons. The molecule has 0 N–H and O–H groups in total. The van der Waals surface area contributed by atoms with Crippen LogP contribution < -0.4 is 94.5 Å². The largest absolute Gasteiger partial charge is 1.00 e. The van der Waals surface area contributed by atoms with E-state index < -0.39 is 287 Å². The van der Waals surface area contributed by atoms with Crippen LogP contribution in [0.5, 0.6) is 0 Å². The fourth-order valence-electron chi connectivity index (χ4n) is 12.2. The Balaban J connectivity index is 0.000000259. The van der Waals surface area contributed by atoms with E-state index in [4.69, 9.17) is 0 Å².